The van der Waals surface area contributed by atoms with Crippen LogP contribution in [0.2, 0.25) is 5.02 Å². The van der Waals surface area contributed by atoms with Crippen LogP contribution in [-0.4, -0.2) is 14.8 Å². The fourth-order valence-electron chi connectivity index (χ4n) is 1.68. The van der Waals surface area contributed by atoms with E-state index in [2.05, 4.69) is 15.4 Å². The highest BCUT2D eigenvalue weighted by molar-refractivity contribution is 7.09. The van der Waals surface area contributed by atoms with Crippen molar-refractivity contribution < 1.29 is 0 Å². The second kappa shape index (κ2) is 6.16. The van der Waals surface area contributed by atoms with E-state index in [0.29, 0.717) is 12.2 Å². The normalized spacial score (nSPS) is 12.4. The number of halogens is 1. The van der Waals surface area contributed by atoms with Crippen LogP contribution in [0.4, 0.5) is 5.69 Å². The van der Waals surface area contributed by atoms with Crippen LogP contribution in [0, 0.1) is 0 Å². The number of hydrogen-bond acceptors (Lipinski definition) is 5. The van der Waals surface area contributed by atoms with E-state index >= 15 is 0 Å². The Balaban J connectivity index is 2.22. The summed E-state index contributed by atoms with van der Waals surface area (Å²) < 4.78 is 1.38. The second-order valence-electron chi connectivity index (χ2n) is 4.14. The molecule has 0 aliphatic heterocycles. The summed E-state index contributed by atoms with van der Waals surface area (Å²) in [5.74, 6) is 0. The van der Waals surface area contributed by atoms with Crippen molar-refractivity contribution in [1.29, 1.82) is 0 Å². The molecule has 0 radical (unpaired) electrons. The molecule has 0 saturated heterocycles. The van der Waals surface area contributed by atoms with E-state index in [9.17, 15) is 4.79 Å². The van der Waals surface area contributed by atoms with E-state index < -0.39 is 0 Å². The summed E-state index contributed by atoms with van der Waals surface area (Å²) in [6, 6.07) is -0.0132. The quantitative estimate of drug-likeness (QED) is 0.922. The Morgan fingerprint density at radius 2 is 2.37 bits per heavy atom. The van der Waals surface area contributed by atoms with Crippen LogP contribution in [-0.2, 0) is 6.54 Å². The summed E-state index contributed by atoms with van der Waals surface area (Å²) in [6.07, 6.45) is 4.17. The van der Waals surface area contributed by atoms with Crippen molar-refractivity contribution in [3.05, 3.63) is 38.2 Å². The Morgan fingerprint density at radius 3 is 3.00 bits per heavy atom. The molecule has 0 bridgehead atoms. The lowest BCUT2D eigenvalue weighted by molar-refractivity contribution is 0.568. The Hall–Kier alpha value is -1.40. The van der Waals surface area contributed by atoms with Gasteiger partial charge in [-0.1, -0.05) is 18.5 Å². The SMILES string of the molecule is CCCn1ncc(NC(C)c2nccs2)c(Cl)c1=O. The lowest BCUT2D eigenvalue weighted by Crippen LogP contribution is -2.24. The van der Waals surface area contributed by atoms with Gasteiger partial charge in [-0.2, -0.15) is 5.10 Å². The van der Waals surface area contributed by atoms with Crippen molar-refractivity contribution in [3.63, 3.8) is 0 Å². The number of nitrogens with zero attached hydrogens (tertiary/aromatic N) is 3. The van der Waals surface area contributed by atoms with Crippen LogP contribution >= 0.6 is 22.9 Å². The molecule has 2 rings (SSSR count). The van der Waals surface area contributed by atoms with E-state index in [0.717, 1.165) is 11.4 Å². The topological polar surface area (TPSA) is 59.8 Å². The summed E-state index contributed by atoms with van der Waals surface area (Å²) >= 11 is 7.64. The zero-order valence-corrected chi connectivity index (χ0v) is 12.3. The number of rotatable bonds is 5. The molecule has 5 nitrogen and oxygen atoms in total. The second-order valence-corrected chi connectivity index (χ2v) is 5.44. The van der Waals surface area contributed by atoms with Gasteiger partial charge in [0.25, 0.3) is 5.56 Å². The van der Waals surface area contributed by atoms with E-state index in [1.165, 1.54) is 4.68 Å². The summed E-state index contributed by atoms with van der Waals surface area (Å²) in [6.45, 7) is 4.52. The first-order valence-electron chi connectivity index (χ1n) is 6.05. The molecular formula is C12H15ClN4OS. The average molecular weight is 299 g/mol. The molecule has 19 heavy (non-hydrogen) atoms. The van der Waals surface area contributed by atoms with Gasteiger partial charge in [-0.25, -0.2) is 9.67 Å². The Kier molecular flexibility index (Phi) is 4.55. The first-order chi connectivity index (χ1) is 9.13. The van der Waals surface area contributed by atoms with Gasteiger partial charge in [0, 0.05) is 18.1 Å². The molecule has 102 valence electrons. The van der Waals surface area contributed by atoms with Gasteiger partial charge >= 0.3 is 0 Å². The number of aryl methyl sites for hydroxylation is 1. The molecule has 0 amide bonds. The smallest absolute Gasteiger partial charge is 0.287 e. The fraction of sp³-hybridized carbons (Fsp3) is 0.417. The maximum atomic E-state index is 12.0. The minimum Gasteiger partial charge on any atom is -0.373 e. The summed E-state index contributed by atoms with van der Waals surface area (Å²) in [7, 11) is 0. The van der Waals surface area contributed by atoms with Crippen LogP contribution in [0.15, 0.2) is 22.6 Å². The van der Waals surface area contributed by atoms with E-state index in [4.69, 9.17) is 11.6 Å². The zero-order chi connectivity index (χ0) is 13.8. The van der Waals surface area contributed by atoms with Crippen molar-refractivity contribution in [2.24, 2.45) is 0 Å². The number of thiazole rings is 1. The molecular weight excluding hydrogens is 284 g/mol. The molecule has 2 aromatic rings. The highest BCUT2D eigenvalue weighted by atomic mass is 35.5. The lowest BCUT2D eigenvalue weighted by Gasteiger charge is -2.14. The monoisotopic (exact) mass is 298 g/mol. The molecule has 1 atom stereocenters. The Morgan fingerprint density at radius 1 is 1.58 bits per heavy atom. The van der Waals surface area contributed by atoms with Gasteiger partial charge in [0.15, 0.2) is 0 Å². The largest absolute Gasteiger partial charge is 0.373 e. The first-order valence-corrected chi connectivity index (χ1v) is 7.30. The van der Waals surface area contributed by atoms with Crippen molar-refractivity contribution in [2.45, 2.75) is 32.9 Å². The summed E-state index contributed by atoms with van der Waals surface area (Å²) in [4.78, 5) is 16.2. The molecule has 1 unspecified atom stereocenters. The number of anilines is 1. The van der Waals surface area contributed by atoms with Crippen LogP contribution < -0.4 is 10.9 Å². The fourth-order valence-corrected chi connectivity index (χ4v) is 2.53. The van der Waals surface area contributed by atoms with Crippen LogP contribution in [0.3, 0.4) is 0 Å². The van der Waals surface area contributed by atoms with E-state index in [1.807, 2.05) is 19.2 Å². The van der Waals surface area contributed by atoms with E-state index in [-0.39, 0.29) is 16.6 Å². The lowest BCUT2D eigenvalue weighted by atomic mass is 10.3. The number of nitrogens with one attached hydrogen (secondary N) is 1. The van der Waals surface area contributed by atoms with Gasteiger partial charge in [-0.05, 0) is 13.3 Å². The Labute approximate surface area is 120 Å². The van der Waals surface area contributed by atoms with Gasteiger partial charge in [-0.15, -0.1) is 11.3 Å². The number of hydrogen-bond donors (Lipinski definition) is 1. The zero-order valence-electron chi connectivity index (χ0n) is 10.8. The van der Waals surface area contributed by atoms with Crippen LogP contribution in [0.1, 0.15) is 31.3 Å². The standard InChI is InChI=1S/C12H15ClN4OS/c1-3-5-17-12(18)10(13)9(7-15-17)16-8(2)11-14-4-6-19-11/h4,6-8,16H,3,5H2,1-2H3. The number of aromatic nitrogens is 3. The maximum absolute atomic E-state index is 12.0. The average Bonchev–Trinajstić information content (AvgIpc) is 2.92. The third kappa shape index (κ3) is 3.13. The Bertz CT molecular complexity index is 596. The molecule has 0 aliphatic rings. The van der Waals surface area contributed by atoms with Gasteiger partial charge < -0.3 is 5.32 Å². The molecule has 2 heterocycles. The van der Waals surface area contributed by atoms with Gasteiger partial charge in [0.2, 0.25) is 0 Å². The molecule has 0 spiro atoms. The van der Waals surface area contributed by atoms with Crippen molar-refractivity contribution in [1.82, 2.24) is 14.8 Å². The highest BCUT2D eigenvalue weighted by Crippen LogP contribution is 2.23. The first kappa shape index (κ1) is 14.0. The van der Waals surface area contributed by atoms with Crippen LogP contribution in [0.25, 0.3) is 0 Å². The predicted molar refractivity (Wildman–Crippen MR) is 77.9 cm³/mol. The van der Waals surface area contributed by atoms with Crippen molar-refractivity contribution >= 4 is 28.6 Å². The van der Waals surface area contributed by atoms with E-state index in [1.54, 1.807) is 23.7 Å². The summed E-state index contributed by atoms with van der Waals surface area (Å²) in [5, 5.41) is 10.3. The minimum atomic E-state index is -0.264. The highest BCUT2D eigenvalue weighted by Gasteiger charge is 2.13. The molecule has 0 fully saturated rings. The predicted octanol–water partition coefficient (Wildman–Crippen LogP) is 2.94. The molecule has 0 aliphatic carbocycles. The third-order valence-corrected chi connectivity index (χ3v) is 3.94. The van der Waals surface area contributed by atoms with Crippen molar-refractivity contribution in [3.8, 4) is 0 Å². The summed E-state index contributed by atoms with van der Waals surface area (Å²) in [5.41, 5.74) is 0.279. The molecule has 2 aromatic heterocycles. The maximum Gasteiger partial charge on any atom is 0.287 e. The van der Waals surface area contributed by atoms with Crippen molar-refractivity contribution in [2.75, 3.05) is 5.32 Å². The third-order valence-electron chi connectivity index (χ3n) is 2.61. The van der Waals surface area contributed by atoms with Gasteiger partial charge in [-0.3, -0.25) is 4.79 Å². The van der Waals surface area contributed by atoms with Gasteiger partial charge in [0.1, 0.15) is 10.0 Å². The minimum absolute atomic E-state index is 0.0132. The molecule has 0 saturated carbocycles. The molecule has 1 N–H and O–H groups in total. The molecule has 7 heteroatoms. The van der Waals surface area contributed by atoms with Crippen LogP contribution in [0.5, 0.6) is 0 Å². The molecule has 0 aromatic carbocycles. The van der Waals surface area contributed by atoms with Gasteiger partial charge in [0.05, 0.1) is 17.9 Å².